The Morgan fingerprint density at radius 1 is 1.42 bits per heavy atom. The van der Waals surface area contributed by atoms with Crippen molar-refractivity contribution in [2.45, 2.75) is 20.0 Å². The molecule has 0 aromatic rings. The Labute approximate surface area is 74.9 Å². The van der Waals surface area contributed by atoms with Crippen LogP contribution in [0.2, 0.25) is 0 Å². The van der Waals surface area contributed by atoms with E-state index in [4.69, 9.17) is 4.74 Å². The average Bonchev–Trinajstić information content (AvgIpc) is 1.84. The molecule has 1 atom stereocenters. The first kappa shape index (κ1) is 11.6. The van der Waals surface area contributed by atoms with Crippen LogP contribution >= 0.6 is 0 Å². The van der Waals surface area contributed by atoms with Gasteiger partial charge in [-0.15, -0.1) is 0 Å². The van der Waals surface area contributed by atoms with Gasteiger partial charge in [0, 0.05) is 0 Å². The Kier molecular flexibility index (Phi) is 4.42. The second-order valence-electron chi connectivity index (χ2n) is 4.14. The standard InChI is InChI=1S/C9H20NO2/c1-8(11)9(2)12-7-6-10(3,4)5/h9H,6-7H2,1-5H3/q+1. The summed E-state index contributed by atoms with van der Waals surface area (Å²) >= 11 is 0. The van der Waals surface area contributed by atoms with Crippen LogP contribution in [0.5, 0.6) is 0 Å². The predicted molar refractivity (Wildman–Crippen MR) is 49.0 cm³/mol. The number of Topliss-reactive ketones (excluding diaryl/α,β-unsaturated/α-hetero) is 1. The van der Waals surface area contributed by atoms with E-state index in [2.05, 4.69) is 21.1 Å². The van der Waals surface area contributed by atoms with Crippen molar-refractivity contribution in [2.75, 3.05) is 34.3 Å². The summed E-state index contributed by atoms with van der Waals surface area (Å²) in [5.74, 6) is 0.0939. The molecule has 12 heavy (non-hydrogen) atoms. The third-order valence-electron chi connectivity index (χ3n) is 1.70. The first-order chi connectivity index (χ1) is 5.33. The fourth-order valence-corrected chi connectivity index (χ4v) is 0.621. The molecule has 0 fully saturated rings. The summed E-state index contributed by atoms with van der Waals surface area (Å²) in [6.07, 6.45) is -0.253. The molecular formula is C9H20NO2+. The van der Waals surface area contributed by atoms with Crippen LogP contribution in [-0.4, -0.2) is 50.7 Å². The minimum absolute atomic E-state index is 0.0939. The topological polar surface area (TPSA) is 26.3 Å². The van der Waals surface area contributed by atoms with Gasteiger partial charge in [-0.25, -0.2) is 0 Å². The maximum absolute atomic E-state index is 10.8. The summed E-state index contributed by atoms with van der Waals surface area (Å²) in [7, 11) is 6.30. The van der Waals surface area contributed by atoms with Gasteiger partial charge >= 0.3 is 0 Å². The summed E-state index contributed by atoms with van der Waals surface area (Å²) in [4.78, 5) is 10.8. The van der Waals surface area contributed by atoms with Gasteiger partial charge in [-0.2, -0.15) is 0 Å². The number of nitrogens with zero attached hydrogens (tertiary/aromatic N) is 1. The highest BCUT2D eigenvalue weighted by Crippen LogP contribution is 1.95. The van der Waals surface area contributed by atoms with Gasteiger partial charge in [0.05, 0.1) is 27.7 Å². The van der Waals surface area contributed by atoms with Gasteiger partial charge in [-0.1, -0.05) is 0 Å². The minimum Gasteiger partial charge on any atom is -0.365 e. The van der Waals surface area contributed by atoms with E-state index < -0.39 is 0 Å². The lowest BCUT2D eigenvalue weighted by Gasteiger charge is -2.24. The smallest absolute Gasteiger partial charge is 0.158 e. The molecule has 0 heterocycles. The Bertz CT molecular complexity index is 149. The van der Waals surface area contributed by atoms with E-state index in [9.17, 15) is 4.79 Å². The molecule has 1 unspecified atom stereocenters. The van der Waals surface area contributed by atoms with Crippen LogP contribution in [0.1, 0.15) is 13.8 Å². The third-order valence-corrected chi connectivity index (χ3v) is 1.70. The molecule has 0 spiro atoms. The highest BCUT2D eigenvalue weighted by Gasteiger charge is 2.10. The molecule has 3 heteroatoms. The first-order valence-electron chi connectivity index (χ1n) is 4.25. The van der Waals surface area contributed by atoms with Crippen molar-refractivity contribution >= 4 is 5.78 Å². The van der Waals surface area contributed by atoms with Crippen LogP contribution in [-0.2, 0) is 9.53 Å². The van der Waals surface area contributed by atoms with Crippen LogP contribution in [0.3, 0.4) is 0 Å². The molecule has 0 N–H and O–H groups in total. The molecule has 0 bridgehead atoms. The Morgan fingerprint density at radius 3 is 2.25 bits per heavy atom. The highest BCUT2D eigenvalue weighted by atomic mass is 16.5. The lowest BCUT2D eigenvalue weighted by molar-refractivity contribution is -0.870. The molecule has 0 radical (unpaired) electrons. The summed E-state index contributed by atoms with van der Waals surface area (Å²) < 4.78 is 6.18. The normalized spacial score (nSPS) is 14.4. The zero-order chi connectivity index (χ0) is 9.78. The van der Waals surface area contributed by atoms with E-state index in [0.29, 0.717) is 6.61 Å². The fraction of sp³-hybridized carbons (Fsp3) is 0.889. The second-order valence-corrected chi connectivity index (χ2v) is 4.14. The van der Waals surface area contributed by atoms with Crippen molar-refractivity contribution < 1.29 is 14.0 Å². The lowest BCUT2D eigenvalue weighted by Crippen LogP contribution is -2.38. The molecule has 0 saturated heterocycles. The summed E-state index contributed by atoms with van der Waals surface area (Å²) in [5, 5.41) is 0. The number of likely N-dealkylation sites (N-methyl/N-ethyl adjacent to an activating group) is 1. The maximum Gasteiger partial charge on any atom is 0.158 e. The van der Waals surface area contributed by atoms with Gasteiger partial charge in [0.1, 0.15) is 12.6 Å². The molecule has 3 nitrogen and oxygen atoms in total. The molecule has 0 aliphatic heterocycles. The molecule has 0 saturated carbocycles. The first-order valence-corrected chi connectivity index (χ1v) is 4.25. The summed E-state index contributed by atoms with van der Waals surface area (Å²) in [5.41, 5.74) is 0. The highest BCUT2D eigenvalue weighted by molar-refractivity contribution is 5.79. The van der Waals surface area contributed by atoms with Crippen LogP contribution in [0.25, 0.3) is 0 Å². The zero-order valence-corrected chi connectivity index (χ0v) is 8.76. The number of ketones is 1. The van der Waals surface area contributed by atoms with Crippen molar-refractivity contribution in [2.24, 2.45) is 0 Å². The number of hydrogen-bond donors (Lipinski definition) is 0. The summed E-state index contributed by atoms with van der Waals surface area (Å²) in [6.45, 7) is 4.91. The SMILES string of the molecule is CC(=O)C(C)OCC[N+](C)(C)C. The monoisotopic (exact) mass is 174 g/mol. The number of ether oxygens (including phenoxy) is 1. The molecule has 0 rings (SSSR count). The Morgan fingerprint density at radius 2 is 1.92 bits per heavy atom. The number of carbonyl (C=O) groups is 1. The average molecular weight is 174 g/mol. The van der Waals surface area contributed by atoms with Crippen molar-refractivity contribution in [1.29, 1.82) is 0 Å². The van der Waals surface area contributed by atoms with Gasteiger partial charge in [-0.05, 0) is 13.8 Å². The second kappa shape index (κ2) is 4.58. The molecule has 72 valence electrons. The number of quaternary nitrogens is 1. The van der Waals surface area contributed by atoms with Crippen LogP contribution in [0.15, 0.2) is 0 Å². The van der Waals surface area contributed by atoms with Crippen molar-refractivity contribution in [3.05, 3.63) is 0 Å². The van der Waals surface area contributed by atoms with Crippen LogP contribution in [0, 0.1) is 0 Å². The van der Waals surface area contributed by atoms with Gasteiger partial charge in [-0.3, -0.25) is 4.79 Å². The van der Waals surface area contributed by atoms with E-state index in [0.717, 1.165) is 11.0 Å². The number of hydrogen-bond acceptors (Lipinski definition) is 2. The largest absolute Gasteiger partial charge is 0.365 e. The van der Waals surface area contributed by atoms with Gasteiger partial charge in [0.25, 0.3) is 0 Å². The molecule has 0 aliphatic rings. The van der Waals surface area contributed by atoms with Crippen molar-refractivity contribution in [3.8, 4) is 0 Å². The van der Waals surface area contributed by atoms with Gasteiger partial charge < -0.3 is 9.22 Å². The third kappa shape index (κ3) is 6.31. The van der Waals surface area contributed by atoms with Crippen molar-refractivity contribution in [3.63, 3.8) is 0 Å². The van der Waals surface area contributed by atoms with E-state index in [1.54, 1.807) is 13.8 Å². The minimum atomic E-state index is -0.253. The number of rotatable bonds is 5. The predicted octanol–water partition coefficient (Wildman–Crippen LogP) is 0.687. The van der Waals surface area contributed by atoms with E-state index >= 15 is 0 Å². The van der Waals surface area contributed by atoms with Crippen LogP contribution < -0.4 is 0 Å². The Balaban J connectivity index is 3.51. The molecule has 0 aliphatic carbocycles. The molecule has 0 aromatic heterocycles. The molecule has 0 aromatic carbocycles. The molecular weight excluding hydrogens is 154 g/mol. The van der Waals surface area contributed by atoms with E-state index in [1.165, 1.54) is 0 Å². The lowest BCUT2D eigenvalue weighted by atomic mass is 10.3. The maximum atomic E-state index is 10.8. The van der Waals surface area contributed by atoms with Crippen molar-refractivity contribution in [1.82, 2.24) is 0 Å². The zero-order valence-electron chi connectivity index (χ0n) is 8.76. The van der Waals surface area contributed by atoms with Crippen LogP contribution in [0.4, 0.5) is 0 Å². The van der Waals surface area contributed by atoms with Gasteiger partial charge in [0.15, 0.2) is 5.78 Å². The Hall–Kier alpha value is -0.410. The fourth-order valence-electron chi connectivity index (χ4n) is 0.621. The van der Waals surface area contributed by atoms with Gasteiger partial charge in [0.2, 0.25) is 0 Å². The molecule has 0 amide bonds. The quantitative estimate of drug-likeness (QED) is 0.573. The van der Waals surface area contributed by atoms with E-state index in [1.807, 2.05) is 0 Å². The number of carbonyl (C=O) groups excluding carboxylic acids is 1. The van der Waals surface area contributed by atoms with E-state index in [-0.39, 0.29) is 11.9 Å². The summed E-state index contributed by atoms with van der Waals surface area (Å²) in [6, 6.07) is 0.